The molecular weight excluding hydrogens is 430 g/mol. The van der Waals surface area contributed by atoms with E-state index < -0.39 is 0 Å². The normalized spacial score (nSPS) is 17.5. The molecular formula is C26H33N5OS. The number of nitrogens with one attached hydrogen (secondary N) is 1. The highest BCUT2D eigenvalue weighted by Crippen LogP contribution is 2.41. The van der Waals surface area contributed by atoms with Gasteiger partial charge in [0.2, 0.25) is 0 Å². The van der Waals surface area contributed by atoms with E-state index in [0.29, 0.717) is 11.5 Å². The summed E-state index contributed by atoms with van der Waals surface area (Å²) in [5.74, 6) is 2.75. The van der Waals surface area contributed by atoms with E-state index in [0.717, 1.165) is 60.6 Å². The van der Waals surface area contributed by atoms with Gasteiger partial charge in [-0.1, -0.05) is 12.1 Å². The molecule has 1 aromatic carbocycles. The fourth-order valence-corrected chi connectivity index (χ4v) is 5.49. The van der Waals surface area contributed by atoms with E-state index in [1.807, 2.05) is 41.6 Å². The first-order valence-corrected chi connectivity index (χ1v) is 13.1. The number of thioether (sulfide) groups is 1. The zero-order valence-corrected chi connectivity index (χ0v) is 20.8. The van der Waals surface area contributed by atoms with Crippen molar-refractivity contribution < 1.29 is 4.79 Å². The van der Waals surface area contributed by atoms with Crippen LogP contribution in [-0.4, -0.2) is 50.2 Å². The summed E-state index contributed by atoms with van der Waals surface area (Å²) in [6.07, 6.45) is 2.28. The summed E-state index contributed by atoms with van der Waals surface area (Å²) in [7, 11) is 0. The Kier molecular flexibility index (Phi) is 5.95. The maximum absolute atomic E-state index is 13.5. The van der Waals surface area contributed by atoms with Crippen LogP contribution in [0.25, 0.3) is 11.0 Å². The van der Waals surface area contributed by atoms with Crippen molar-refractivity contribution in [2.24, 2.45) is 0 Å². The van der Waals surface area contributed by atoms with Gasteiger partial charge in [0.05, 0.1) is 22.2 Å². The summed E-state index contributed by atoms with van der Waals surface area (Å²) in [6.45, 7) is 11.5. The largest absolute Gasteiger partial charge is 0.322 e. The maximum atomic E-state index is 13.5. The lowest BCUT2D eigenvalue weighted by Crippen LogP contribution is -2.31. The fourth-order valence-electron chi connectivity index (χ4n) is 4.51. The van der Waals surface area contributed by atoms with E-state index in [-0.39, 0.29) is 11.4 Å². The van der Waals surface area contributed by atoms with E-state index >= 15 is 0 Å². The Bertz CT molecular complexity index is 1190. The number of fused-ring (bicyclic) bond motifs is 1. The highest BCUT2D eigenvalue weighted by atomic mass is 32.2. The monoisotopic (exact) mass is 463 g/mol. The Balaban J connectivity index is 1.46. The van der Waals surface area contributed by atoms with Gasteiger partial charge in [-0.25, -0.2) is 9.67 Å². The third-order valence-electron chi connectivity index (χ3n) is 6.40. The summed E-state index contributed by atoms with van der Waals surface area (Å²) in [6, 6.07) is 10.2. The summed E-state index contributed by atoms with van der Waals surface area (Å²) >= 11 is 2.02. The van der Waals surface area contributed by atoms with Crippen molar-refractivity contribution >= 4 is 34.4 Å². The highest BCUT2D eigenvalue weighted by molar-refractivity contribution is 7.99. The molecule has 33 heavy (non-hydrogen) atoms. The lowest BCUT2D eigenvalue weighted by molar-refractivity contribution is 0.102. The third-order valence-corrected chi connectivity index (χ3v) is 7.35. The van der Waals surface area contributed by atoms with Crippen molar-refractivity contribution in [1.29, 1.82) is 0 Å². The number of benzene rings is 1. The Morgan fingerprint density at radius 1 is 1.18 bits per heavy atom. The summed E-state index contributed by atoms with van der Waals surface area (Å²) in [4.78, 5) is 21.0. The van der Waals surface area contributed by atoms with Crippen molar-refractivity contribution in [2.45, 2.75) is 58.5 Å². The molecule has 1 aliphatic carbocycles. The second-order valence-electron chi connectivity index (χ2n) is 10.3. The molecule has 1 aliphatic heterocycles. The number of nitrogens with zero attached hydrogens (tertiary/aromatic N) is 4. The molecule has 1 amide bonds. The number of carbonyl (C=O) groups is 1. The number of aromatic nitrogens is 3. The van der Waals surface area contributed by atoms with Gasteiger partial charge in [-0.05, 0) is 64.3 Å². The van der Waals surface area contributed by atoms with Crippen LogP contribution in [0, 0.1) is 6.92 Å². The van der Waals surface area contributed by atoms with E-state index in [4.69, 9.17) is 10.1 Å². The third kappa shape index (κ3) is 4.80. The average molecular weight is 464 g/mol. The second-order valence-corrected chi connectivity index (χ2v) is 11.5. The molecule has 1 saturated carbocycles. The van der Waals surface area contributed by atoms with Gasteiger partial charge in [0.15, 0.2) is 5.65 Å². The van der Waals surface area contributed by atoms with Crippen LogP contribution in [0.4, 0.5) is 5.69 Å². The lowest BCUT2D eigenvalue weighted by Gasteiger charge is -2.26. The highest BCUT2D eigenvalue weighted by Gasteiger charge is 2.30. The summed E-state index contributed by atoms with van der Waals surface area (Å²) in [5.41, 5.74) is 5.19. The summed E-state index contributed by atoms with van der Waals surface area (Å²) in [5, 5.41) is 8.80. The molecule has 2 aromatic heterocycles. The first kappa shape index (κ1) is 22.4. The molecule has 5 rings (SSSR count). The second kappa shape index (κ2) is 8.76. The molecule has 0 unspecified atom stereocenters. The molecule has 0 spiro atoms. The number of anilines is 1. The van der Waals surface area contributed by atoms with Crippen molar-refractivity contribution in [2.75, 3.05) is 29.9 Å². The fraction of sp³-hybridized carbons (Fsp3) is 0.500. The Morgan fingerprint density at radius 3 is 2.64 bits per heavy atom. The Morgan fingerprint density at radius 2 is 1.94 bits per heavy atom. The predicted molar refractivity (Wildman–Crippen MR) is 136 cm³/mol. The van der Waals surface area contributed by atoms with Crippen LogP contribution in [0.1, 0.15) is 66.8 Å². The van der Waals surface area contributed by atoms with E-state index in [9.17, 15) is 4.79 Å². The van der Waals surface area contributed by atoms with Crippen LogP contribution in [0.3, 0.4) is 0 Å². The number of aryl methyl sites for hydroxylation is 1. The average Bonchev–Trinajstić information content (AvgIpc) is 3.57. The van der Waals surface area contributed by atoms with Gasteiger partial charge in [-0.3, -0.25) is 9.69 Å². The van der Waals surface area contributed by atoms with E-state index in [2.05, 4.69) is 43.1 Å². The zero-order chi connectivity index (χ0) is 23.2. The molecule has 1 saturated heterocycles. The van der Waals surface area contributed by atoms with Gasteiger partial charge >= 0.3 is 0 Å². The van der Waals surface area contributed by atoms with Gasteiger partial charge in [-0.2, -0.15) is 16.9 Å². The van der Waals surface area contributed by atoms with Crippen LogP contribution >= 0.6 is 11.8 Å². The number of rotatable bonds is 5. The standard InChI is InChI=1S/C26H33N5OS/c1-17-23-21(15-22(19-8-9-19)28-24(23)31(29-17)26(2,3)4)25(32)27-20-7-5-6-18(14-20)16-30-10-12-33-13-11-30/h5-7,14-15,19H,8-13,16H2,1-4H3,(H,27,32). The molecule has 3 aromatic rings. The SMILES string of the molecule is Cc1nn(C(C)(C)C)c2nc(C3CC3)cc(C(=O)Nc3cccc(CN4CCSCC4)c3)c12. The minimum Gasteiger partial charge on any atom is -0.322 e. The van der Waals surface area contributed by atoms with Gasteiger partial charge in [-0.15, -0.1) is 0 Å². The van der Waals surface area contributed by atoms with Gasteiger partial charge in [0.1, 0.15) is 0 Å². The molecule has 174 valence electrons. The molecule has 2 fully saturated rings. The number of pyridine rings is 1. The maximum Gasteiger partial charge on any atom is 0.256 e. The summed E-state index contributed by atoms with van der Waals surface area (Å²) < 4.78 is 1.97. The number of hydrogen-bond acceptors (Lipinski definition) is 5. The van der Waals surface area contributed by atoms with E-state index in [1.165, 1.54) is 17.1 Å². The van der Waals surface area contributed by atoms with Gasteiger partial charge in [0.25, 0.3) is 5.91 Å². The number of hydrogen-bond donors (Lipinski definition) is 1. The molecule has 0 atom stereocenters. The first-order valence-electron chi connectivity index (χ1n) is 11.9. The quantitative estimate of drug-likeness (QED) is 0.565. The molecule has 7 heteroatoms. The van der Waals surface area contributed by atoms with Crippen LogP contribution in [-0.2, 0) is 12.1 Å². The molecule has 0 bridgehead atoms. The smallest absolute Gasteiger partial charge is 0.256 e. The van der Waals surface area contributed by atoms with Gasteiger partial charge < -0.3 is 5.32 Å². The van der Waals surface area contributed by atoms with Gasteiger partial charge in [0, 0.05) is 48.4 Å². The zero-order valence-electron chi connectivity index (χ0n) is 20.0. The van der Waals surface area contributed by atoms with Crippen LogP contribution in [0.15, 0.2) is 30.3 Å². The number of carbonyl (C=O) groups excluding carboxylic acids is 1. The number of amides is 1. The molecule has 0 radical (unpaired) electrons. The molecule has 6 nitrogen and oxygen atoms in total. The van der Waals surface area contributed by atoms with Crippen molar-refractivity contribution in [3.63, 3.8) is 0 Å². The molecule has 3 heterocycles. The minimum atomic E-state index is -0.212. The predicted octanol–water partition coefficient (Wildman–Crippen LogP) is 5.17. The lowest BCUT2D eigenvalue weighted by atomic mass is 10.1. The van der Waals surface area contributed by atoms with E-state index in [1.54, 1.807) is 0 Å². The van der Waals surface area contributed by atoms with Crippen LogP contribution < -0.4 is 5.32 Å². The van der Waals surface area contributed by atoms with Crippen molar-refractivity contribution in [3.05, 3.63) is 52.8 Å². The topological polar surface area (TPSA) is 63.1 Å². The van der Waals surface area contributed by atoms with Crippen molar-refractivity contribution in [3.8, 4) is 0 Å². The molecule has 2 aliphatic rings. The van der Waals surface area contributed by atoms with Crippen molar-refractivity contribution in [1.82, 2.24) is 19.7 Å². The minimum absolute atomic E-state index is 0.0904. The molecule has 1 N–H and O–H groups in total. The van der Waals surface area contributed by atoms with Crippen LogP contribution in [0.5, 0.6) is 0 Å². The Labute approximate surface area is 200 Å². The first-order chi connectivity index (χ1) is 15.8. The van der Waals surface area contributed by atoms with Crippen LogP contribution in [0.2, 0.25) is 0 Å². The Hall–Kier alpha value is -2.38.